The number of benzene rings is 1. The second-order valence-electron chi connectivity index (χ2n) is 7.60. The van der Waals surface area contributed by atoms with Gasteiger partial charge >= 0.3 is 0 Å². The maximum absolute atomic E-state index is 13.4. The van der Waals surface area contributed by atoms with Crippen molar-refractivity contribution in [3.05, 3.63) is 59.9 Å². The van der Waals surface area contributed by atoms with Gasteiger partial charge in [-0.15, -0.1) is 0 Å². The molecule has 2 N–H and O–H groups in total. The number of carbonyl (C=O) groups is 2. The van der Waals surface area contributed by atoms with Gasteiger partial charge in [-0.3, -0.25) is 9.59 Å². The lowest BCUT2D eigenvalue weighted by molar-refractivity contribution is 0.0829. The minimum atomic E-state index is -0.429. The van der Waals surface area contributed by atoms with Crippen molar-refractivity contribution in [2.45, 2.75) is 49.6 Å². The summed E-state index contributed by atoms with van der Waals surface area (Å²) in [4.78, 5) is 33.0. The number of hydrogen-bond donors (Lipinski definition) is 2. The minimum absolute atomic E-state index is 0.216. The average molecular weight is 368 g/mol. The first kappa shape index (κ1) is 17.6. The molecule has 7 heteroatoms. The molecule has 2 fully saturated rings. The van der Waals surface area contributed by atoms with E-state index in [0.717, 1.165) is 32.1 Å². The molecule has 2 unspecified atom stereocenters. The first-order valence-electron chi connectivity index (χ1n) is 9.16. The second kappa shape index (κ2) is 6.72. The molecule has 2 saturated carbocycles. The Kier molecular flexibility index (Phi) is 4.37. The van der Waals surface area contributed by atoms with Gasteiger partial charge in [-0.2, -0.15) is 0 Å². The zero-order valence-corrected chi connectivity index (χ0v) is 14.9. The Morgan fingerprint density at radius 2 is 1.74 bits per heavy atom. The fourth-order valence-electron chi connectivity index (χ4n) is 4.51. The largest absolute Gasteiger partial charge is 0.347 e. The van der Waals surface area contributed by atoms with Crippen molar-refractivity contribution < 1.29 is 14.0 Å². The quantitative estimate of drug-likeness (QED) is 0.869. The molecule has 4 rings (SSSR count). The lowest BCUT2D eigenvalue weighted by Gasteiger charge is -2.40. The number of nitrogens with one attached hydrogen (secondary N) is 2. The van der Waals surface area contributed by atoms with Crippen LogP contribution >= 0.6 is 0 Å². The van der Waals surface area contributed by atoms with E-state index in [1.165, 1.54) is 24.5 Å². The first-order valence-corrected chi connectivity index (χ1v) is 9.16. The molecule has 2 atom stereocenters. The van der Waals surface area contributed by atoms with E-state index in [0.29, 0.717) is 17.7 Å². The van der Waals surface area contributed by atoms with E-state index in [1.54, 1.807) is 18.3 Å². The molecular weight excluding hydrogens is 347 g/mol. The highest BCUT2D eigenvalue weighted by atomic mass is 19.1. The second-order valence-corrected chi connectivity index (χ2v) is 7.60. The summed E-state index contributed by atoms with van der Waals surface area (Å²) in [6.07, 6.45) is 7.81. The number of amides is 2. The number of aromatic nitrogens is 2. The Labute approximate surface area is 156 Å². The normalized spacial score (nSPS) is 26.4. The summed E-state index contributed by atoms with van der Waals surface area (Å²) in [5.74, 6) is -0.914. The van der Waals surface area contributed by atoms with Crippen molar-refractivity contribution in [2.24, 2.45) is 0 Å². The zero-order chi connectivity index (χ0) is 18.9. The Morgan fingerprint density at radius 1 is 1.00 bits per heavy atom. The van der Waals surface area contributed by atoms with Crippen LogP contribution in [0.4, 0.5) is 4.39 Å². The highest BCUT2D eigenvalue weighted by molar-refractivity contribution is 5.95. The molecule has 2 bridgehead atoms. The minimum Gasteiger partial charge on any atom is -0.347 e. The van der Waals surface area contributed by atoms with Crippen LogP contribution in [0, 0.1) is 5.82 Å². The Balaban J connectivity index is 1.48. The Morgan fingerprint density at radius 3 is 2.41 bits per heavy atom. The number of halogens is 1. The summed E-state index contributed by atoms with van der Waals surface area (Å²) < 4.78 is 13.4. The van der Waals surface area contributed by atoms with Crippen LogP contribution in [-0.4, -0.2) is 32.9 Å². The van der Waals surface area contributed by atoms with E-state index < -0.39 is 5.82 Å². The van der Waals surface area contributed by atoms with Gasteiger partial charge in [-0.25, -0.2) is 14.4 Å². The lowest BCUT2D eigenvalue weighted by atomic mass is 9.78. The first-order chi connectivity index (χ1) is 13.0. The maximum atomic E-state index is 13.4. The summed E-state index contributed by atoms with van der Waals surface area (Å²) in [5, 5.41) is 6.27. The predicted octanol–water partition coefficient (Wildman–Crippen LogP) is 2.62. The SMILES string of the molecule is O=C(NC12CCCC(NC(=O)c3ccncn3)(CC1)C2)c1cccc(F)c1. The molecular formula is C20H21FN4O2. The van der Waals surface area contributed by atoms with Crippen molar-refractivity contribution in [3.63, 3.8) is 0 Å². The standard InChI is InChI=1S/C20H21FN4O2/c21-15-4-1-3-14(11-15)17(26)24-19-6-2-7-20(12-19,9-8-19)25-18(27)16-5-10-22-13-23-16/h1,3-5,10-11,13H,2,6-9,12H2,(H,24,26)(H,25,27). The molecule has 0 saturated heterocycles. The number of carbonyl (C=O) groups excluding carboxylic acids is 2. The topological polar surface area (TPSA) is 84.0 Å². The van der Waals surface area contributed by atoms with Crippen LogP contribution in [-0.2, 0) is 0 Å². The van der Waals surface area contributed by atoms with Crippen LogP contribution in [0.3, 0.4) is 0 Å². The summed E-state index contributed by atoms with van der Waals surface area (Å²) in [5.41, 5.74) is -0.0421. The van der Waals surface area contributed by atoms with Gasteiger partial charge in [0.25, 0.3) is 11.8 Å². The highest BCUT2D eigenvalue weighted by Gasteiger charge is 2.52. The molecule has 0 radical (unpaired) electrons. The van der Waals surface area contributed by atoms with Crippen molar-refractivity contribution in [1.82, 2.24) is 20.6 Å². The molecule has 27 heavy (non-hydrogen) atoms. The fourth-order valence-corrected chi connectivity index (χ4v) is 4.51. The van der Waals surface area contributed by atoms with Gasteiger partial charge in [-0.05, 0) is 62.8 Å². The molecule has 2 aliphatic carbocycles. The molecule has 1 heterocycles. The number of hydrogen-bond acceptors (Lipinski definition) is 4. The zero-order valence-electron chi connectivity index (χ0n) is 14.9. The number of rotatable bonds is 4. The van der Waals surface area contributed by atoms with Crippen LogP contribution in [0.15, 0.2) is 42.9 Å². The Hall–Kier alpha value is -2.83. The monoisotopic (exact) mass is 368 g/mol. The van der Waals surface area contributed by atoms with Crippen LogP contribution in [0.2, 0.25) is 0 Å². The predicted molar refractivity (Wildman–Crippen MR) is 96.5 cm³/mol. The molecule has 2 aromatic rings. The van der Waals surface area contributed by atoms with Crippen molar-refractivity contribution >= 4 is 11.8 Å². The van der Waals surface area contributed by atoms with E-state index in [-0.39, 0.29) is 22.9 Å². The van der Waals surface area contributed by atoms with Crippen molar-refractivity contribution in [1.29, 1.82) is 0 Å². The summed E-state index contributed by atoms with van der Waals surface area (Å²) in [7, 11) is 0. The molecule has 1 aromatic heterocycles. The molecule has 0 aliphatic heterocycles. The van der Waals surface area contributed by atoms with Crippen LogP contribution in [0.1, 0.15) is 59.4 Å². The van der Waals surface area contributed by atoms with Crippen LogP contribution in [0.25, 0.3) is 0 Å². The number of nitrogens with zero attached hydrogens (tertiary/aromatic N) is 2. The van der Waals surface area contributed by atoms with Gasteiger partial charge < -0.3 is 10.6 Å². The molecule has 2 aliphatic rings. The smallest absolute Gasteiger partial charge is 0.270 e. The average Bonchev–Trinajstić information content (AvgIpc) is 2.92. The van der Waals surface area contributed by atoms with Gasteiger partial charge in [0, 0.05) is 22.8 Å². The molecule has 140 valence electrons. The third-order valence-corrected chi connectivity index (χ3v) is 5.73. The van der Waals surface area contributed by atoms with Crippen molar-refractivity contribution in [3.8, 4) is 0 Å². The van der Waals surface area contributed by atoms with Crippen LogP contribution < -0.4 is 10.6 Å². The van der Waals surface area contributed by atoms with Gasteiger partial charge in [-0.1, -0.05) is 6.07 Å². The molecule has 2 amide bonds. The third kappa shape index (κ3) is 3.54. The fraction of sp³-hybridized carbons (Fsp3) is 0.400. The summed E-state index contributed by atoms with van der Waals surface area (Å²) in [6.45, 7) is 0. The maximum Gasteiger partial charge on any atom is 0.270 e. The van der Waals surface area contributed by atoms with E-state index in [1.807, 2.05) is 0 Å². The van der Waals surface area contributed by atoms with Gasteiger partial charge in [0.1, 0.15) is 17.8 Å². The van der Waals surface area contributed by atoms with Gasteiger partial charge in [0.2, 0.25) is 0 Å². The molecule has 6 nitrogen and oxygen atoms in total. The van der Waals surface area contributed by atoms with E-state index in [9.17, 15) is 14.0 Å². The Bertz CT molecular complexity index is 875. The number of fused-ring (bicyclic) bond motifs is 2. The summed E-state index contributed by atoms with van der Waals surface area (Å²) in [6, 6.07) is 7.29. The third-order valence-electron chi connectivity index (χ3n) is 5.73. The molecule has 1 aromatic carbocycles. The van der Waals surface area contributed by atoms with E-state index >= 15 is 0 Å². The van der Waals surface area contributed by atoms with Gasteiger partial charge in [0.15, 0.2) is 0 Å². The lowest BCUT2D eigenvalue weighted by Crippen LogP contribution is -2.55. The van der Waals surface area contributed by atoms with Crippen LogP contribution in [0.5, 0.6) is 0 Å². The van der Waals surface area contributed by atoms with E-state index in [4.69, 9.17) is 0 Å². The van der Waals surface area contributed by atoms with Gasteiger partial charge in [0.05, 0.1) is 0 Å². The highest BCUT2D eigenvalue weighted by Crippen LogP contribution is 2.48. The summed E-state index contributed by atoms with van der Waals surface area (Å²) >= 11 is 0. The molecule has 0 spiro atoms. The van der Waals surface area contributed by atoms with Crippen molar-refractivity contribution in [2.75, 3.05) is 0 Å². The van der Waals surface area contributed by atoms with E-state index in [2.05, 4.69) is 20.6 Å².